The summed E-state index contributed by atoms with van der Waals surface area (Å²) in [4.78, 5) is 2.46. The molecule has 0 spiro atoms. The van der Waals surface area contributed by atoms with E-state index in [0.29, 0.717) is 18.3 Å². The Morgan fingerprint density at radius 1 is 0.917 bits per heavy atom. The van der Waals surface area contributed by atoms with Crippen LogP contribution in [0, 0.1) is 0 Å². The Balaban J connectivity index is 1.45. The smallest absolute Gasteiger partial charge is 0.119 e. The van der Waals surface area contributed by atoms with E-state index in [1.165, 1.54) is 17.5 Å². The van der Waals surface area contributed by atoms with E-state index in [1.54, 1.807) is 6.07 Å². The SMILES string of the molecule is Oc1ccccc1C1CCN([C@@H]2CCc3ccccc3C2)CC1O. The molecule has 1 aliphatic carbocycles. The second-order valence-electron chi connectivity index (χ2n) is 7.18. The Morgan fingerprint density at radius 2 is 1.67 bits per heavy atom. The number of rotatable bonds is 2. The van der Waals surface area contributed by atoms with Gasteiger partial charge in [-0.2, -0.15) is 0 Å². The Bertz CT molecular complexity index is 714. The molecule has 3 atom stereocenters. The molecule has 1 heterocycles. The van der Waals surface area contributed by atoms with Gasteiger partial charge in [-0.3, -0.25) is 4.90 Å². The van der Waals surface area contributed by atoms with Crippen LogP contribution in [0.25, 0.3) is 0 Å². The monoisotopic (exact) mass is 323 g/mol. The molecule has 126 valence electrons. The zero-order valence-electron chi connectivity index (χ0n) is 13.9. The van der Waals surface area contributed by atoms with Gasteiger partial charge < -0.3 is 10.2 Å². The van der Waals surface area contributed by atoms with Crippen molar-refractivity contribution < 1.29 is 10.2 Å². The number of aryl methyl sites for hydroxylation is 1. The van der Waals surface area contributed by atoms with Gasteiger partial charge in [-0.25, -0.2) is 0 Å². The summed E-state index contributed by atoms with van der Waals surface area (Å²) in [5.74, 6) is 0.347. The summed E-state index contributed by atoms with van der Waals surface area (Å²) in [6.07, 6.45) is 3.88. The first-order valence-corrected chi connectivity index (χ1v) is 8.99. The first-order valence-electron chi connectivity index (χ1n) is 8.99. The number of nitrogens with zero attached hydrogens (tertiary/aromatic N) is 1. The van der Waals surface area contributed by atoms with Crippen molar-refractivity contribution >= 4 is 0 Å². The van der Waals surface area contributed by atoms with E-state index in [-0.39, 0.29) is 5.92 Å². The summed E-state index contributed by atoms with van der Waals surface area (Å²) in [7, 11) is 0. The number of hydrogen-bond acceptors (Lipinski definition) is 3. The van der Waals surface area contributed by atoms with E-state index in [0.717, 1.165) is 31.4 Å². The molecule has 0 bridgehead atoms. The molecule has 2 aromatic carbocycles. The number of aromatic hydroxyl groups is 1. The molecule has 2 N–H and O–H groups in total. The van der Waals surface area contributed by atoms with E-state index in [4.69, 9.17) is 0 Å². The second-order valence-corrected chi connectivity index (χ2v) is 7.18. The zero-order chi connectivity index (χ0) is 16.5. The lowest BCUT2D eigenvalue weighted by molar-refractivity contribution is 0.0257. The lowest BCUT2D eigenvalue weighted by Gasteiger charge is -2.42. The lowest BCUT2D eigenvalue weighted by atomic mass is 9.83. The zero-order valence-corrected chi connectivity index (χ0v) is 13.9. The van der Waals surface area contributed by atoms with Crippen LogP contribution >= 0.6 is 0 Å². The van der Waals surface area contributed by atoms with Crippen LogP contribution in [0.2, 0.25) is 0 Å². The predicted molar refractivity (Wildman–Crippen MR) is 95.3 cm³/mol. The van der Waals surface area contributed by atoms with Crippen molar-refractivity contribution in [3.8, 4) is 5.75 Å². The maximum Gasteiger partial charge on any atom is 0.119 e. The molecule has 2 aliphatic rings. The van der Waals surface area contributed by atoms with E-state index in [9.17, 15) is 10.2 Å². The molecule has 3 nitrogen and oxygen atoms in total. The summed E-state index contributed by atoms with van der Waals surface area (Å²) in [5.41, 5.74) is 3.84. The summed E-state index contributed by atoms with van der Waals surface area (Å²) in [5, 5.41) is 20.8. The third-order valence-corrected chi connectivity index (χ3v) is 5.79. The summed E-state index contributed by atoms with van der Waals surface area (Å²) >= 11 is 0. The number of hydrogen-bond donors (Lipinski definition) is 2. The van der Waals surface area contributed by atoms with Crippen LogP contribution in [0.15, 0.2) is 48.5 Å². The molecule has 0 saturated carbocycles. The number of fused-ring (bicyclic) bond motifs is 1. The molecule has 24 heavy (non-hydrogen) atoms. The summed E-state index contributed by atoms with van der Waals surface area (Å²) < 4.78 is 0. The van der Waals surface area contributed by atoms with Crippen LogP contribution in [-0.2, 0) is 12.8 Å². The normalized spacial score (nSPS) is 27.6. The van der Waals surface area contributed by atoms with Gasteiger partial charge in [0, 0.05) is 18.5 Å². The van der Waals surface area contributed by atoms with Crippen LogP contribution in [0.1, 0.15) is 35.4 Å². The minimum absolute atomic E-state index is 0.0401. The highest BCUT2D eigenvalue weighted by molar-refractivity contribution is 5.36. The number of piperidine rings is 1. The Hall–Kier alpha value is -1.84. The molecule has 3 heteroatoms. The topological polar surface area (TPSA) is 43.7 Å². The Labute approximate surface area is 143 Å². The van der Waals surface area contributed by atoms with Crippen LogP contribution in [0.3, 0.4) is 0 Å². The van der Waals surface area contributed by atoms with E-state index >= 15 is 0 Å². The molecule has 2 unspecified atom stereocenters. The van der Waals surface area contributed by atoms with Gasteiger partial charge >= 0.3 is 0 Å². The van der Waals surface area contributed by atoms with Crippen LogP contribution in [0.4, 0.5) is 0 Å². The molecule has 0 radical (unpaired) electrons. The largest absolute Gasteiger partial charge is 0.508 e. The van der Waals surface area contributed by atoms with Crippen molar-refractivity contribution in [2.24, 2.45) is 0 Å². The van der Waals surface area contributed by atoms with Crippen molar-refractivity contribution in [3.05, 3.63) is 65.2 Å². The molecule has 2 aromatic rings. The highest BCUT2D eigenvalue weighted by Crippen LogP contribution is 2.35. The maximum atomic E-state index is 10.7. The number of β-amino-alcohol motifs (C(OH)–C–C–N with tert-alkyl or cyclic N) is 1. The van der Waals surface area contributed by atoms with Crippen molar-refractivity contribution in [2.45, 2.75) is 43.7 Å². The number of para-hydroxylation sites is 1. The second kappa shape index (κ2) is 6.58. The molecule has 1 saturated heterocycles. The van der Waals surface area contributed by atoms with Crippen molar-refractivity contribution in [3.63, 3.8) is 0 Å². The third kappa shape index (κ3) is 2.94. The standard InChI is InChI=1S/C21H25NO2/c23-20-8-4-3-7-18(20)19-11-12-22(14-21(19)24)17-10-9-15-5-1-2-6-16(15)13-17/h1-8,17,19,21,23-24H,9-14H2/t17-,19?,21?/m1/s1. The Kier molecular flexibility index (Phi) is 4.30. The van der Waals surface area contributed by atoms with Crippen molar-refractivity contribution in [2.75, 3.05) is 13.1 Å². The average molecular weight is 323 g/mol. The third-order valence-electron chi connectivity index (χ3n) is 5.79. The summed E-state index contributed by atoms with van der Waals surface area (Å²) in [6, 6.07) is 16.7. The number of aliphatic hydroxyl groups excluding tert-OH is 1. The lowest BCUT2D eigenvalue weighted by Crippen LogP contribution is -2.49. The molecular weight excluding hydrogens is 298 g/mol. The fourth-order valence-corrected chi connectivity index (χ4v) is 4.44. The Morgan fingerprint density at radius 3 is 2.46 bits per heavy atom. The number of phenolic OH excluding ortho intramolecular Hbond substituents is 1. The van der Waals surface area contributed by atoms with Crippen molar-refractivity contribution in [1.82, 2.24) is 4.90 Å². The maximum absolute atomic E-state index is 10.7. The molecule has 0 amide bonds. The quantitative estimate of drug-likeness (QED) is 0.892. The van der Waals surface area contributed by atoms with E-state index in [1.807, 2.05) is 18.2 Å². The molecular formula is C21H25NO2. The summed E-state index contributed by atoms with van der Waals surface area (Å²) in [6.45, 7) is 1.69. The molecule has 1 aliphatic heterocycles. The first-order chi connectivity index (χ1) is 11.7. The number of benzene rings is 2. The molecule has 0 aromatic heterocycles. The van der Waals surface area contributed by atoms with Crippen LogP contribution in [-0.4, -0.2) is 40.3 Å². The van der Waals surface area contributed by atoms with Crippen molar-refractivity contribution in [1.29, 1.82) is 0 Å². The van der Waals surface area contributed by atoms with Crippen LogP contribution < -0.4 is 0 Å². The van der Waals surface area contributed by atoms with Gasteiger partial charge in [-0.05, 0) is 55.0 Å². The average Bonchev–Trinajstić information content (AvgIpc) is 2.62. The number of likely N-dealkylation sites (tertiary alicyclic amines) is 1. The van der Waals surface area contributed by atoms with E-state index in [2.05, 4.69) is 29.2 Å². The highest BCUT2D eigenvalue weighted by Gasteiger charge is 2.34. The minimum atomic E-state index is -0.413. The van der Waals surface area contributed by atoms with Gasteiger partial charge in [0.15, 0.2) is 0 Å². The van der Waals surface area contributed by atoms with Gasteiger partial charge in [-0.1, -0.05) is 42.5 Å². The fourth-order valence-electron chi connectivity index (χ4n) is 4.44. The van der Waals surface area contributed by atoms with Gasteiger partial charge in [0.05, 0.1) is 6.10 Å². The first kappa shape index (κ1) is 15.7. The van der Waals surface area contributed by atoms with Crippen LogP contribution in [0.5, 0.6) is 5.75 Å². The van der Waals surface area contributed by atoms with Gasteiger partial charge in [-0.15, -0.1) is 0 Å². The number of phenols is 1. The predicted octanol–water partition coefficient (Wildman–Crippen LogP) is 3.10. The molecule has 4 rings (SSSR count). The fraction of sp³-hybridized carbons (Fsp3) is 0.429. The minimum Gasteiger partial charge on any atom is -0.508 e. The number of aliphatic hydroxyl groups is 1. The van der Waals surface area contributed by atoms with E-state index < -0.39 is 6.10 Å². The molecule has 1 fully saturated rings. The van der Waals surface area contributed by atoms with Gasteiger partial charge in [0.1, 0.15) is 5.75 Å². The van der Waals surface area contributed by atoms with Gasteiger partial charge in [0.2, 0.25) is 0 Å². The van der Waals surface area contributed by atoms with Gasteiger partial charge in [0.25, 0.3) is 0 Å². The highest BCUT2D eigenvalue weighted by atomic mass is 16.3.